The van der Waals surface area contributed by atoms with Gasteiger partial charge in [0.15, 0.2) is 11.7 Å². The summed E-state index contributed by atoms with van der Waals surface area (Å²) in [7, 11) is 0. The second kappa shape index (κ2) is 5.94. The van der Waals surface area contributed by atoms with E-state index in [1.807, 2.05) is 30.3 Å². The van der Waals surface area contributed by atoms with E-state index in [-0.39, 0.29) is 5.88 Å². The number of aliphatic imine (C=N–C) groups is 1. The van der Waals surface area contributed by atoms with Gasteiger partial charge < -0.3 is 10.1 Å². The van der Waals surface area contributed by atoms with Gasteiger partial charge in [0, 0.05) is 28.7 Å². The van der Waals surface area contributed by atoms with Gasteiger partial charge in [-0.3, -0.25) is 5.10 Å². The highest BCUT2D eigenvalue weighted by Crippen LogP contribution is 2.27. The SMILES string of the molecule is Cc1ccc(-c2cc(N=Cc3c(O)[nH]c4ccccc34)n[nH]2)c(C)c1. The number of fused-ring (bicyclic) bond motifs is 1. The van der Waals surface area contributed by atoms with Crippen LogP contribution in [0.4, 0.5) is 5.82 Å². The Bertz CT molecular complexity index is 1090. The summed E-state index contributed by atoms with van der Waals surface area (Å²) in [4.78, 5) is 7.35. The van der Waals surface area contributed by atoms with E-state index in [0.717, 1.165) is 22.2 Å². The topological polar surface area (TPSA) is 77.1 Å². The number of nitrogens with one attached hydrogen (secondary N) is 2. The molecule has 2 aromatic carbocycles. The van der Waals surface area contributed by atoms with Gasteiger partial charge in [0.2, 0.25) is 0 Å². The molecular formula is C20H18N4O. The minimum Gasteiger partial charge on any atom is -0.494 e. The zero-order valence-electron chi connectivity index (χ0n) is 14.0. The summed E-state index contributed by atoms with van der Waals surface area (Å²) in [6.07, 6.45) is 1.64. The summed E-state index contributed by atoms with van der Waals surface area (Å²) in [5.41, 5.74) is 5.98. The number of aromatic amines is 2. The van der Waals surface area contributed by atoms with Crippen LogP contribution in [0.25, 0.3) is 22.2 Å². The molecule has 0 amide bonds. The minimum absolute atomic E-state index is 0.107. The Morgan fingerprint density at radius 2 is 1.92 bits per heavy atom. The van der Waals surface area contributed by atoms with E-state index in [2.05, 4.69) is 52.2 Å². The summed E-state index contributed by atoms with van der Waals surface area (Å²) in [6.45, 7) is 4.16. The highest BCUT2D eigenvalue weighted by molar-refractivity contribution is 6.02. The number of aryl methyl sites for hydroxylation is 2. The van der Waals surface area contributed by atoms with Crippen molar-refractivity contribution in [2.75, 3.05) is 0 Å². The molecule has 4 rings (SSSR count). The number of hydrogen-bond donors (Lipinski definition) is 3. The van der Waals surface area contributed by atoms with Crippen molar-refractivity contribution in [1.29, 1.82) is 0 Å². The fourth-order valence-electron chi connectivity index (χ4n) is 3.04. The van der Waals surface area contributed by atoms with Crippen molar-refractivity contribution < 1.29 is 5.11 Å². The molecule has 0 atom stereocenters. The van der Waals surface area contributed by atoms with Crippen molar-refractivity contribution in [3.05, 3.63) is 65.2 Å². The van der Waals surface area contributed by atoms with Gasteiger partial charge in [-0.05, 0) is 25.5 Å². The van der Waals surface area contributed by atoms with Gasteiger partial charge in [-0.2, -0.15) is 5.10 Å². The van der Waals surface area contributed by atoms with Crippen LogP contribution < -0.4 is 0 Å². The van der Waals surface area contributed by atoms with E-state index < -0.39 is 0 Å². The number of hydrogen-bond acceptors (Lipinski definition) is 3. The van der Waals surface area contributed by atoms with Crippen LogP contribution in [0, 0.1) is 13.8 Å². The molecule has 0 fully saturated rings. The van der Waals surface area contributed by atoms with Gasteiger partial charge in [-0.25, -0.2) is 4.99 Å². The number of aromatic hydroxyl groups is 1. The summed E-state index contributed by atoms with van der Waals surface area (Å²) in [5.74, 6) is 0.676. The van der Waals surface area contributed by atoms with Crippen LogP contribution in [0.5, 0.6) is 5.88 Å². The summed E-state index contributed by atoms with van der Waals surface area (Å²) in [6, 6.07) is 15.9. The average molecular weight is 330 g/mol. The Balaban J connectivity index is 1.66. The third-order valence-electron chi connectivity index (χ3n) is 4.29. The van der Waals surface area contributed by atoms with Crippen molar-refractivity contribution in [3.8, 4) is 17.1 Å². The molecule has 25 heavy (non-hydrogen) atoms. The third-order valence-corrected chi connectivity index (χ3v) is 4.29. The Morgan fingerprint density at radius 3 is 2.76 bits per heavy atom. The van der Waals surface area contributed by atoms with E-state index in [1.165, 1.54) is 11.1 Å². The molecule has 0 saturated heterocycles. The Labute approximate surface area is 145 Å². The Morgan fingerprint density at radius 1 is 1.08 bits per heavy atom. The lowest BCUT2D eigenvalue weighted by atomic mass is 10.0. The predicted molar refractivity (Wildman–Crippen MR) is 101 cm³/mol. The lowest BCUT2D eigenvalue weighted by Crippen LogP contribution is -1.84. The molecule has 0 aliphatic rings. The maximum absolute atomic E-state index is 10.1. The lowest BCUT2D eigenvalue weighted by molar-refractivity contribution is 0.457. The summed E-state index contributed by atoms with van der Waals surface area (Å²) in [5, 5.41) is 18.3. The molecule has 2 heterocycles. The lowest BCUT2D eigenvalue weighted by Gasteiger charge is -2.03. The Kier molecular flexibility index (Phi) is 3.61. The molecule has 0 spiro atoms. The molecule has 0 unspecified atom stereocenters. The van der Waals surface area contributed by atoms with Gasteiger partial charge in [-0.1, -0.05) is 42.0 Å². The van der Waals surface area contributed by atoms with Gasteiger partial charge in [-0.15, -0.1) is 0 Å². The first kappa shape index (κ1) is 15.2. The average Bonchev–Trinajstić information content (AvgIpc) is 3.17. The molecule has 0 aliphatic heterocycles. The zero-order chi connectivity index (χ0) is 17.4. The number of aromatic nitrogens is 3. The van der Waals surface area contributed by atoms with Crippen LogP contribution in [0.1, 0.15) is 16.7 Å². The van der Waals surface area contributed by atoms with Gasteiger partial charge in [0.25, 0.3) is 0 Å². The maximum atomic E-state index is 10.1. The quantitative estimate of drug-likeness (QED) is 0.479. The molecule has 0 radical (unpaired) electrons. The molecule has 3 N–H and O–H groups in total. The van der Waals surface area contributed by atoms with E-state index in [1.54, 1.807) is 6.21 Å². The highest BCUT2D eigenvalue weighted by Gasteiger charge is 2.09. The number of H-pyrrole nitrogens is 2. The minimum atomic E-state index is 0.107. The second-order valence-electron chi connectivity index (χ2n) is 6.15. The fraction of sp³-hybridized carbons (Fsp3) is 0.100. The predicted octanol–water partition coefficient (Wildman–Crippen LogP) is 4.63. The van der Waals surface area contributed by atoms with Gasteiger partial charge >= 0.3 is 0 Å². The standard InChI is InChI=1S/C20H18N4O/c1-12-7-8-14(13(2)9-12)18-10-19(24-23-18)21-11-16-15-5-3-4-6-17(15)22-20(16)25/h3-11,22,25H,1-2H3,(H,23,24). The fourth-order valence-corrected chi connectivity index (χ4v) is 3.04. The van der Waals surface area contributed by atoms with Crippen molar-refractivity contribution in [2.45, 2.75) is 13.8 Å². The number of benzene rings is 2. The van der Waals surface area contributed by atoms with Crippen molar-refractivity contribution in [2.24, 2.45) is 4.99 Å². The molecule has 0 bridgehead atoms. The van der Waals surface area contributed by atoms with Gasteiger partial charge in [0.1, 0.15) is 0 Å². The van der Waals surface area contributed by atoms with E-state index in [9.17, 15) is 5.11 Å². The molecule has 4 aromatic rings. The van der Waals surface area contributed by atoms with Crippen LogP contribution in [0.2, 0.25) is 0 Å². The third kappa shape index (κ3) is 2.80. The van der Waals surface area contributed by atoms with E-state index in [4.69, 9.17) is 0 Å². The molecule has 0 saturated carbocycles. The summed E-state index contributed by atoms with van der Waals surface area (Å²) >= 11 is 0. The van der Waals surface area contributed by atoms with Crippen LogP contribution >= 0.6 is 0 Å². The maximum Gasteiger partial charge on any atom is 0.198 e. The number of para-hydroxylation sites is 1. The van der Waals surface area contributed by atoms with Crippen molar-refractivity contribution in [1.82, 2.24) is 15.2 Å². The second-order valence-corrected chi connectivity index (χ2v) is 6.15. The van der Waals surface area contributed by atoms with E-state index >= 15 is 0 Å². The largest absolute Gasteiger partial charge is 0.494 e. The Hall–Kier alpha value is -3.34. The first-order chi connectivity index (χ1) is 12.1. The first-order valence-electron chi connectivity index (χ1n) is 8.08. The zero-order valence-corrected chi connectivity index (χ0v) is 14.0. The first-order valence-corrected chi connectivity index (χ1v) is 8.08. The van der Waals surface area contributed by atoms with Crippen molar-refractivity contribution >= 4 is 22.9 Å². The molecule has 0 aliphatic carbocycles. The number of rotatable bonds is 3. The van der Waals surface area contributed by atoms with Crippen LogP contribution in [0.3, 0.4) is 0 Å². The highest BCUT2D eigenvalue weighted by atomic mass is 16.3. The molecular weight excluding hydrogens is 312 g/mol. The number of nitrogens with zero attached hydrogens (tertiary/aromatic N) is 2. The normalized spacial score (nSPS) is 11.6. The van der Waals surface area contributed by atoms with Gasteiger partial charge in [0.05, 0.1) is 11.3 Å². The van der Waals surface area contributed by atoms with E-state index in [0.29, 0.717) is 11.4 Å². The molecule has 5 heteroatoms. The smallest absolute Gasteiger partial charge is 0.198 e. The monoisotopic (exact) mass is 330 g/mol. The molecule has 5 nitrogen and oxygen atoms in total. The molecule has 2 aromatic heterocycles. The van der Waals surface area contributed by atoms with Crippen LogP contribution in [0.15, 0.2) is 53.5 Å². The summed E-state index contributed by atoms with van der Waals surface area (Å²) < 4.78 is 0. The van der Waals surface area contributed by atoms with Crippen LogP contribution in [-0.2, 0) is 0 Å². The molecule has 124 valence electrons. The van der Waals surface area contributed by atoms with Crippen LogP contribution in [-0.4, -0.2) is 26.5 Å². The van der Waals surface area contributed by atoms with Crippen molar-refractivity contribution in [3.63, 3.8) is 0 Å².